The molecular formula is C14H13FN2O2. The quantitative estimate of drug-likeness (QED) is 0.727. The number of hydrogen-bond donors (Lipinski definition) is 3. The minimum Gasteiger partial charge on any atom is -0.508 e. The number of hydrogen-bond acceptors (Lipinski definition) is 3. The van der Waals surface area contributed by atoms with Crippen LogP contribution in [0.3, 0.4) is 0 Å². The van der Waals surface area contributed by atoms with Gasteiger partial charge in [-0.25, -0.2) is 4.39 Å². The summed E-state index contributed by atoms with van der Waals surface area (Å²) < 4.78 is 13.5. The lowest BCUT2D eigenvalue weighted by atomic mass is 10.1. The zero-order valence-electron chi connectivity index (χ0n) is 10.3. The van der Waals surface area contributed by atoms with Gasteiger partial charge in [-0.05, 0) is 48.9 Å². The highest BCUT2D eigenvalue weighted by Crippen LogP contribution is 2.20. The first-order chi connectivity index (χ1) is 8.97. The summed E-state index contributed by atoms with van der Waals surface area (Å²) in [4.78, 5) is 12.0. The van der Waals surface area contributed by atoms with Crippen molar-refractivity contribution in [1.82, 2.24) is 0 Å². The van der Waals surface area contributed by atoms with Gasteiger partial charge in [-0.2, -0.15) is 0 Å². The number of rotatable bonds is 2. The van der Waals surface area contributed by atoms with E-state index in [1.165, 1.54) is 36.4 Å². The summed E-state index contributed by atoms with van der Waals surface area (Å²) in [5.41, 5.74) is 6.89. The van der Waals surface area contributed by atoms with Crippen LogP contribution in [0.4, 0.5) is 15.8 Å². The second-order valence-electron chi connectivity index (χ2n) is 4.19. The van der Waals surface area contributed by atoms with Crippen molar-refractivity contribution in [2.75, 3.05) is 11.1 Å². The van der Waals surface area contributed by atoms with Gasteiger partial charge >= 0.3 is 0 Å². The number of nitrogen functional groups attached to an aromatic ring is 1. The molecule has 0 saturated carbocycles. The summed E-state index contributed by atoms with van der Waals surface area (Å²) in [6, 6.07) is 8.29. The number of anilines is 2. The zero-order valence-corrected chi connectivity index (χ0v) is 10.3. The Bertz CT molecular complexity index is 641. The van der Waals surface area contributed by atoms with Crippen LogP contribution in [0, 0.1) is 12.7 Å². The zero-order chi connectivity index (χ0) is 14.0. The van der Waals surface area contributed by atoms with Gasteiger partial charge in [0.2, 0.25) is 0 Å². The molecule has 0 radical (unpaired) electrons. The van der Waals surface area contributed by atoms with Crippen LogP contribution in [0.1, 0.15) is 15.9 Å². The molecule has 98 valence electrons. The van der Waals surface area contributed by atoms with Crippen LogP contribution < -0.4 is 11.1 Å². The molecule has 2 aromatic rings. The Kier molecular flexibility index (Phi) is 3.37. The summed E-state index contributed by atoms with van der Waals surface area (Å²) >= 11 is 0. The van der Waals surface area contributed by atoms with Crippen LogP contribution in [-0.2, 0) is 0 Å². The van der Waals surface area contributed by atoms with Crippen molar-refractivity contribution in [3.05, 3.63) is 53.3 Å². The predicted molar refractivity (Wildman–Crippen MR) is 71.6 cm³/mol. The van der Waals surface area contributed by atoms with E-state index in [0.29, 0.717) is 16.8 Å². The number of phenolic OH excluding ortho intramolecular Hbond substituents is 1. The van der Waals surface area contributed by atoms with E-state index < -0.39 is 11.7 Å². The van der Waals surface area contributed by atoms with Gasteiger partial charge in [0.1, 0.15) is 11.6 Å². The predicted octanol–water partition coefficient (Wildman–Crippen LogP) is 2.67. The molecule has 0 fully saturated rings. The lowest BCUT2D eigenvalue weighted by Crippen LogP contribution is -2.14. The second kappa shape index (κ2) is 4.97. The fourth-order valence-corrected chi connectivity index (χ4v) is 1.73. The lowest BCUT2D eigenvalue weighted by Gasteiger charge is -2.09. The van der Waals surface area contributed by atoms with E-state index in [0.717, 1.165) is 0 Å². The van der Waals surface area contributed by atoms with E-state index in [4.69, 9.17) is 5.73 Å². The number of aryl methyl sites for hydroxylation is 1. The molecule has 0 saturated heterocycles. The van der Waals surface area contributed by atoms with Crippen molar-refractivity contribution < 1.29 is 14.3 Å². The lowest BCUT2D eigenvalue weighted by molar-refractivity contribution is 0.102. The van der Waals surface area contributed by atoms with Gasteiger partial charge in [-0.15, -0.1) is 0 Å². The molecule has 0 atom stereocenters. The third-order valence-electron chi connectivity index (χ3n) is 2.69. The molecule has 0 unspecified atom stereocenters. The van der Waals surface area contributed by atoms with E-state index in [2.05, 4.69) is 5.32 Å². The molecule has 4 nitrogen and oxygen atoms in total. The molecule has 1 amide bonds. The monoisotopic (exact) mass is 260 g/mol. The first-order valence-electron chi connectivity index (χ1n) is 5.63. The molecule has 2 rings (SSSR count). The molecular weight excluding hydrogens is 247 g/mol. The van der Waals surface area contributed by atoms with Gasteiger partial charge in [-0.3, -0.25) is 4.79 Å². The van der Waals surface area contributed by atoms with Gasteiger partial charge < -0.3 is 16.2 Å². The fraction of sp³-hybridized carbons (Fsp3) is 0.0714. The molecule has 0 bridgehead atoms. The first-order valence-corrected chi connectivity index (χ1v) is 5.63. The SMILES string of the molecule is Cc1cc(O)ccc1C(=O)Nc1cc(N)ccc1F. The average molecular weight is 260 g/mol. The Hall–Kier alpha value is -2.56. The maximum atomic E-state index is 13.5. The molecule has 0 aliphatic carbocycles. The summed E-state index contributed by atoms with van der Waals surface area (Å²) in [7, 11) is 0. The van der Waals surface area contributed by atoms with Crippen molar-refractivity contribution in [3.8, 4) is 5.75 Å². The number of nitrogens with one attached hydrogen (secondary N) is 1. The largest absolute Gasteiger partial charge is 0.508 e. The summed E-state index contributed by atoms with van der Waals surface area (Å²) in [6.45, 7) is 1.68. The van der Waals surface area contributed by atoms with Crippen molar-refractivity contribution in [3.63, 3.8) is 0 Å². The molecule has 4 N–H and O–H groups in total. The highest BCUT2D eigenvalue weighted by atomic mass is 19.1. The number of phenols is 1. The topological polar surface area (TPSA) is 75.3 Å². The Morgan fingerprint density at radius 3 is 2.68 bits per heavy atom. The number of nitrogens with two attached hydrogens (primary N) is 1. The third kappa shape index (κ3) is 2.82. The van der Waals surface area contributed by atoms with Crippen molar-refractivity contribution in [1.29, 1.82) is 0 Å². The number of halogens is 1. The van der Waals surface area contributed by atoms with Gasteiger partial charge in [0.05, 0.1) is 5.69 Å². The maximum absolute atomic E-state index is 13.5. The van der Waals surface area contributed by atoms with Crippen molar-refractivity contribution in [2.45, 2.75) is 6.92 Å². The van der Waals surface area contributed by atoms with Crippen molar-refractivity contribution >= 4 is 17.3 Å². The minimum absolute atomic E-state index is 0.0254. The molecule has 0 aliphatic rings. The van der Waals surface area contributed by atoms with E-state index in [-0.39, 0.29) is 11.4 Å². The van der Waals surface area contributed by atoms with E-state index in [1.54, 1.807) is 6.92 Å². The third-order valence-corrected chi connectivity index (χ3v) is 2.69. The van der Waals surface area contributed by atoms with E-state index in [1.807, 2.05) is 0 Å². The van der Waals surface area contributed by atoms with Crippen LogP contribution in [0.2, 0.25) is 0 Å². The van der Waals surface area contributed by atoms with Crippen LogP contribution in [0.25, 0.3) is 0 Å². The molecule has 0 aromatic heterocycles. The normalized spacial score (nSPS) is 10.2. The average Bonchev–Trinajstić information content (AvgIpc) is 2.33. The van der Waals surface area contributed by atoms with E-state index >= 15 is 0 Å². The second-order valence-corrected chi connectivity index (χ2v) is 4.19. The molecule has 0 aliphatic heterocycles. The smallest absolute Gasteiger partial charge is 0.256 e. The van der Waals surface area contributed by atoms with Crippen LogP contribution in [0.5, 0.6) is 5.75 Å². The highest BCUT2D eigenvalue weighted by Gasteiger charge is 2.12. The number of aromatic hydroxyl groups is 1. The number of carbonyl (C=O) groups is 1. The van der Waals surface area contributed by atoms with Crippen molar-refractivity contribution in [2.24, 2.45) is 0 Å². The van der Waals surface area contributed by atoms with Gasteiger partial charge in [0.25, 0.3) is 5.91 Å². The Morgan fingerprint density at radius 1 is 1.26 bits per heavy atom. The Balaban J connectivity index is 2.28. The maximum Gasteiger partial charge on any atom is 0.256 e. The fourth-order valence-electron chi connectivity index (χ4n) is 1.73. The molecule has 2 aromatic carbocycles. The number of carbonyl (C=O) groups excluding carboxylic acids is 1. The van der Waals surface area contributed by atoms with Gasteiger partial charge in [0, 0.05) is 11.3 Å². The van der Waals surface area contributed by atoms with Crippen LogP contribution in [0.15, 0.2) is 36.4 Å². The molecule has 19 heavy (non-hydrogen) atoms. The molecule has 0 heterocycles. The highest BCUT2D eigenvalue weighted by molar-refractivity contribution is 6.05. The molecule has 5 heteroatoms. The molecule has 0 spiro atoms. The van der Waals surface area contributed by atoms with E-state index in [9.17, 15) is 14.3 Å². The Morgan fingerprint density at radius 2 is 2.00 bits per heavy atom. The number of amides is 1. The summed E-state index contributed by atoms with van der Waals surface area (Å²) in [6.07, 6.45) is 0. The van der Waals surface area contributed by atoms with Crippen LogP contribution in [-0.4, -0.2) is 11.0 Å². The summed E-state index contributed by atoms with van der Waals surface area (Å²) in [5, 5.41) is 11.7. The van der Waals surface area contributed by atoms with Gasteiger partial charge in [0.15, 0.2) is 0 Å². The standard InChI is InChI=1S/C14H13FN2O2/c1-8-6-10(18)3-4-11(8)14(19)17-13-7-9(16)2-5-12(13)15/h2-7,18H,16H2,1H3,(H,17,19). The first kappa shape index (κ1) is 12.9. The Labute approximate surface area is 109 Å². The minimum atomic E-state index is -0.556. The number of benzene rings is 2. The van der Waals surface area contributed by atoms with Crippen LogP contribution >= 0.6 is 0 Å². The summed E-state index contributed by atoms with van der Waals surface area (Å²) in [5.74, 6) is -0.940. The van der Waals surface area contributed by atoms with Gasteiger partial charge in [-0.1, -0.05) is 0 Å².